The van der Waals surface area contributed by atoms with Crippen LogP contribution >= 0.6 is 0 Å². The molecule has 1 amide bonds. The molecule has 6 nitrogen and oxygen atoms in total. The van der Waals surface area contributed by atoms with Gasteiger partial charge >= 0.3 is 0 Å². The van der Waals surface area contributed by atoms with Gasteiger partial charge in [0.1, 0.15) is 23.7 Å². The van der Waals surface area contributed by atoms with Crippen molar-refractivity contribution in [1.29, 1.82) is 0 Å². The average Bonchev–Trinajstić information content (AvgIpc) is 3.16. The number of aromatic nitrogens is 2. The lowest BCUT2D eigenvalue weighted by atomic mass is 10.2. The van der Waals surface area contributed by atoms with E-state index >= 15 is 0 Å². The molecule has 0 radical (unpaired) electrons. The minimum absolute atomic E-state index is 0.124. The van der Waals surface area contributed by atoms with Crippen molar-refractivity contribution in [3.05, 3.63) is 54.5 Å². The molecule has 4 rings (SSSR count). The molecule has 0 fully saturated rings. The molecule has 0 bridgehead atoms. The number of carbonyl (C=O) groups is 1. The van der Waals surface area contributed by atoms with Crippen molar-refractivity contribution in [2.75, 3.05) is 6.54 Å². The van der Waals surface area contributed by atoms with E-state index in [0.717, 1.165) is 16.7 Å². The molecular formula is C16H12N4O2. The van der Waals surface area contributed by atoms with Crippen LogP contribution in [0.4, 0.5) is 0 Å². The summed E-state index contributed by atoms with van der Waals surface area (Å²) < 4.78 is 5.86. The van der Waals surface area contributed by atoms with Crippen molar-refractivity contribution in [3.63, 3.8) is 0 Å². The van der Waals surface area contributed by atoms with Gasteiger partial charge in [-0.05, 0) is 30.3 Å². The number of carbonyl (C=O) groups excluding carboxylic acids is 1. The molecule has 0 atom stereocenters. The standard InChI is InChI=1S/C16H12N4O2/c21-15-9-19-16(20-15)14-8-12(4-6-18-14)22-11-1-2-13-10(7-11)3-5-17-13/h1-8,17H,9H2,(H,19,20,21). The van der Waals surface area contributed by atoms with Gasteiger partial charge in [0.05, 0.1) is 0 Å². The second-order valence-electron chi connectivity index (χ2n) is 4.92. The Bertz CT molecular complexity index is 898. The summed E-state index contributed by atoms with van der Waals surface area (Å²) in [6.07, 6.45) is 3.52. The van der Waals surface area contributed by atoms with Crippen LogP contribution in [0.1, 0.15) is 5.69 Å². The zero-order valence-electron chi connectivity index (χ0n) is 11.5. The van der Waals surface area contributed by atoms with E-state index in [2.05, 4.69) is 20.3 Å². The van der Waals surface area contributed by atoms with Crippen molar-refractivity contribution in [3.8, 4) is 11.5 Å². The normalized spacial score (nSPS) is 14.0. The number of nitrogens with zero attached hydrogens (tertiary/aromatic N) is 2. The summed E-state index contributed by atoms with van der Waals surface area (Å²) in [6.45, 7) is 0.145. The van der Waals surface area contributed by atoms with Gasteiger partial charge in [-0.3, -0.25) is 14.8 Å². The Hall–Kier alpha value is -3.15. The molecular weight excluding hydrogens is 280 g/mol. The van der Waals surface area contributed by atoms with Crippen molar-refractivity contribution >= 4 is 22.6 Å². The molecule has 22 heavy (non-hydrogen) atoms. The molecule has 2 aromatic heterocycles. The monoisotopic (exact) mass is 292 g/mol. The summed E-state index contributed by atoms with van der Waals surface area (Å²) in [5, 5.41) is 3.75. The molecule has 1 aliphatic heterocycles. The topological polar surface area (TPSA) is 79.4 Å². The fourth-order valence-electron chi connectivity index (χ4n) is 2.34. The lowest BCUT2D eigenvalue weighted by Crippen LogP contribution is -2.25. The minimum atomic E-state index is -0.124. The van der Waals surface area contributed by atoms with Crippen LogP contribution in [0.25, 0.3) is 10.9 Å². The van der Waals surface area contributed by atoms with Crippen molar-refractivity contribution in [2.45, 2.75) is 0 Å². The van der Waals surface area contributed by atoms with Crippen LogP contribution in [0.15, 0.2) is 53.8 Å². The summed E-state index contributed by atoms with van der Waals surface area (Å²) in [4.78, 5) is 22.7. The Morgan fingerprint density at radius 2 is 2.00 bits per heavy atom. The minimum Gasteiger partial charge on any atom is -0.457 e. The van der Waals surface area contributed by atoms with E-state index in [4.69, 9.17) is 4.74 Å². The van der Waals surface area contributed by atoms with Gasteiger partial charge in [0.15, 0.2) is 5.84 Å². The molecule has 3 heterocycles. The zero-order valence-corrected chi connectivity index (χ0v) is 11.5. The predicted octanol–water partition coefficient (Wildman–Crippen LogP) is 2.23. The number of amidine groups is 1. The van der Waals surface area contributed by atoms with E-state index in [1.54, 1.807) is 18.3 Å². The number of fused-ring (bicyclic) bond motifs is 1. The van der Waals surface area contributed by atoms with E-state index in [-0.39, 0.29) is 12.5 Å². The molecule has 6 heteroatoms. The fourth-order valence-corrected chi connectivity index (χ4v) is 2.34. The van der Waals surface area contributed by atoms with Crippen molar-refractivity contribution in [2.24, 2.45) is 4.99 Å². The predicted molar refractivity (Wildman–Crippen MR) is 82.2 cm³/mol. The van der Waals surface area contributed by atoms with Crippen LogP contribution < -0.4 is 10.1 Å². The second-order valence-corrected chi connectivity index (χ2v) is 4.92. The van der Waals surface area contributed by atoms with E-state index < -0.39 is 0 Å². The lowest BCUT2D eigenvalue weighted by molar-refractivity contribution is -0.117. The van der Waals surface area contributed by atoms with E-state index in [1.807, 2.05) is 30.5 Å². The van der Waals surface area contributed by atoms with Gasteiger partial charge in [0, 0.05) is 29.4 Å². The number of H-pyrrole nitrogens is 1. The van der Waals surface area contributed by atoms with Crippen LogP contribution in [0.5, 0.6) is 11.5 Å². The fraction of sp³-hybridized carbons (Fsp3) is 0.0625. The second kappa shape index (κ2) is 5.00. The molecule has 1 aliphatic rings. The van der Waals surface area contributed by atoms with Gasteiger partial charge in [-0.25, -0.2) is 0 Å². The number of pyridine rings is 1. The Balaban J connectivity index is 1.61. The van der Waals surface area contributed by atoms with Crippen molar-refractivity contribution < 1.29 is 9.53 Å². The largest absolute Gasteiger partial charge is 0.457 e. The SMILES string of the molecule is O=C1CN=C(c2cc(Oc3ccc4[nH]ccc4c3)ccn2)N1. The van der Waals surface area contributed by atoms with Crippen LogP contribution in [0.3, 0.4) is 0 Å². The summed E-state index contributed by atoms with van der Waals surface area (Å²) in [5.41, 5.74) is 1.65. The Morgan fingerprint density at radius 3 is 2.86 bits per heavy atom. The highest BCUT2D eigenvalue weighted by molar-refractivity contribution is 6.11. The van der Waals surface area contributed by atoms with Gasteiger partial charge in [-0.2, -0.15) is 0 Å². The maximum absolute atomic E-state index is 11.2. The summed E-state index contributed by atoms with van der Waals surface area (Å²) >= 11 is 0. The molecule has 2 N–H and O–H groups in total. The third-order valence-corrected chi connectivity index (χ3v) is 3.37. The van der Waals surface area contributed by atoms with Gasteiger partial charge in [0.2, 0.25) is 5.91 Å². The maximum atomic E-state index is 11.2. The third kappa shape index (κ3) is 2.31. The first kappa shape index (κ1) is 12.6. The maximum Gasteiger partial charge on any atom is 0.247 e. The number of aromatic amines is 1. The van der Waals surface area contributed by atoms with E-state index in [0.29, 0.717) is 17.3 Å². The Morgan fingerprint density at radius 1 is 1.09 bits per heavy atom. The lowest BCUT2D eigenvalue weighted by Gasteiger charge is -2.07. The average molecular weight is 292 g/mol. The first-order valence-corrected chi connectivity index (χ1v) is 6.84. The molecule has 3 aromatic rings. The quantitative estimate of drug-likeness (QED) is 0.777. The van der Waals surface area contributed by atoms with E-state index in [9.17, 15) is 4.79 Å². The van der Waals surface area contributed by atoms with Crippen LogP contribution in [0.2, 0.25) is 0 Å². The van der Waals surface area contributed by atoms with Gasteiger partial charge in [-0.1, -0.05) is 0 Å². The number of ether oxygens (including phenoxy) is 1. The van der Waals surface area contributed by atoms with Gasteiger partial charge in [-0.15, -0.1) is 0 Å². The smallest absolute Gasteiger partial charge is 0.247 e. The summed E-state index contributed by atoms with van der Waals surface area (Å²) in [7, 11) is 0. The molecule has 1 aromatic carbocycles. The van der Waals surface area contributed by atoms with Gasteiger partial charge in [0.25, 0.3) is 0 Å². The van der Waals surface area contributed by atoms with Crippen LogP contribution in [0, 0.1) is 0 Å². The zero-order chi connectivity index (χ0) is 14.9. The molecule has 0 aliphatic carbocycles. The number of nitrogens with one attached hydrogen (secondary N) is 2. The Kier molecular flexibility index (Phi) is 2.86. The Labute approximate surface area is 125 Å². The molecule has 108 valence electrons. The van der Waals surface area contributed by atoms with Crippen molar-refractivity contribution in [1.82, 2.24) is 15.3 Å². The van der Waals surface area contributed by atoms with Crippen LogP contribution in [-0.2, 0) is 4.79 Å². The highest BCUT2D eigenvalue weighted by Gasteiger charge is 2.16. The number of hydrogen-bond acceptors (Lipinski definition) is 4. The molecule has 0 saturated heterocycles. The van der Waals surface area contributed by atoms with E-state index in [1.165, 1.54) is 0 Å². The molecule has 0 spiro atoms. The summed E-state index contributed by atoms with van der Waals surface area (Å²) in [5.74, 6) is 1.74. The highest BCUT2D eigenvalue weighted by Crippen LogP contribution is 2.25. The first-order valence-electron chi connectivity index (χ1n) is 6.84. The number of hydrogen-bond donors (Lipinski definition) is 2. The number of rotatable bonds is 3. The first-order chi connectivity index (χ1) is 10.8. The molecule has 0 unspecified atom stereocenters. The molecule has 0 saturated carbocycles. The van der Waals surface area contributed by atoms with Crippen LogP contribution in [-0.4, -0.2) is 28.3 Å². The number of aliphatic imine (C=N–C) groups is 1. The third-order valence-electron chi connectivity index (χ3n) is 3.37. The number of benzene rings is 1. The number of amides is 1. The summed E-state index contributed by atoms with van der Waals surface area (Å²) in [6, 6.07) is 11.3. The van der Waals surface area contributed by atoms with Gasteiger partial charge < -0.3 is 15.0 Å². The highest BCUT2D eigenvalue weighted by atomic mass is 16.5.